The van der Waals surface area contributed by atoms with Gasteiger partial charge in [-0.2, -0.15) is 0 Å². The van der Waals surface area contributed by atoms with Crippen molar-refractivity contribution in [2.75, 3.05) is 37.8 Å². The molecule has 0 spiro atoms. The molecule has 1 N–H and O–H groups in total. The van der Waals surface area contributed by atoms with E-state index in [-0.39, 0.29) is 6.61 Å². The summed E-state index contributed by atoms with van der Waals surface area (Å²) < 4.78 is 11.0. The van der Waals surface area contributed by atoms with Crippen molar-refractivity contribution < 1.29 is 14.6 Å². The zero-order valence-corrected chi connectivity index (χ0v) is 13.1. The first kappa shape index (κ1) is 16.1. The lowest BCUT2D eigenvalue weighted by atomic mass is 9.99. The molecule has 0 saturated carbocycles. The molecule has 1 aliphatic heterocycles. The zero-order chi connectivity index (χ0) is 15.1. The van der Waals surface area contributed by atoms with Crippen molar-refractivity contribution in [2.24, 2.45) is 5.92 Å². The van der Waals surface area contributed by atoms with Gasteiger partial charge in [-0.15, -0.1) is 0 Å². The van der Waals surface area contributed by atoms with Crippen LogP contribution in [0.3, 0.4) is 0 Å². The van der Waals surface area contributed by atoms with Crippen molar-refractivity contribution in [1.29, 1.82) is 0 Å². The number of para-hydroxylation sites is 2. The first-order valence-electron chi connectivity index (χ1n) is 7.93. The molecule has 118 valence electrons. The normalized spacial score (nSPS) is 20.3. The predicted octanol–water partition coefficient (Wildman–Crippen LogP) is 2.70. The topological polar surface area (TPSA) is 41.9 Å². The minimum atomic E-state index is -0.585. The van der Waals surface area contributed by atoms with E-state index in [0.29, 0.717) is 13.2 Å². The Hall–Kier alpha value is -1.26. The molecule has 2 rings (SSSR count). The number of aliphatic hydroxyl groups is 1. The lowest BCUT2D eigenvalue weighted by Crippen LogP contribution is -2.34. The van der Waals surface area contributed by atoms with Crippen LogP contribution < -0.4 is 9.64 Å². The van der Waals surface area contributed by atoms with Gasteiger partial charge in [0.2, 0.25) is 0 Å². The molecule has 0 aromatic heterocycles. The standard InChI is InChI=1S/C17H27NO3/c1-3-20-12-15(19)13-21-17-9-5-4-8-16(17)18-10-6-7-14(2)11-18/h4-5,8-9,14-15,19H,3,6-7,10-13H2,1-2H3/t14-,15-/m0/s1. The highest BCUT2D eigenvalue weighted by Gasteiger charge is 2.19. The fraction of sp³-hybridized carbons (Fsp3) is 0.647. The van der Waals surface area contributed by atoms with Crippen molar-refractivity contribution in [3.05, 3.63) is 24.3 Å². The Balaban J connectivity index is 1.96. The smallest absolute Gasteiger partial charge is 0.142 e. The van der Waals surface area contributed by atoms with Gasteiger partial charge in [0.15, 0.2) is 0 Å². The van der Waals surface area contributed by atoms with E-state index < -0.39 is 6.10 Å². The second-order valence-corrected chi connectivity index (χ2v) is 5.79. The highest BCUT2D eigenvalue weighted by Crippen LogP contribution is 2.31. The molecule has 1 aliphatic rings. The highest BCUT2D eigenvalue weighted by molar-refractivity contribution is 5.58. The molecule has 2 atom stereocenters. The second kappa shape index (κ2) is 8.25. The van der Waals surface area contributed by atoms with Crippen LogP contribution in [-0.2, 0) is 4.74 Å². The molecule has 0 aliphatic carbocycles. The summed E-state index contributed by atoms with van der Waals surface area (Å²) in [6.45, 7) is 7.55. The van der Waals surface area contributed by atoms with Gasteiger partial charge in [0, 0.05) is 19.7 Å². The number of rotatable bonds is 7. The minimum absolute atomic E-state index is 0.264. The van der Waals surface area contributed by atoms with E-state index in [1.54, 1.807) is 0 Å². The first-order valence-corrected chi connectivity index (χ1v) is 7.93. The second-order valence-electron chi connectivity index (χ2n) is 5.79. The van der Waals surface area contributed by atoms with Gasteiger partial charge < -0.3 is 19.5 Å². The lowest BCUT2D eigenvalue weighted by Gasteiger charge is -2.33. The van der Waals surface area contributed by atoms with E-state index in [9.17, 15) is 5.11 Å². The number of ether oxygens (including phenoxy) is 2. The van der Waals surface area contributed by atoms with Crippen LogP contribution in [0.15, 0.2) is 24.3 Å². The van der Waals surface area contributed by atoms with E-state index in [2.05, 4.69) is 17.9 Å². The number of hydrogen-bond donors (Lipinski definition) is 1. The SMILES string of the molecule is CCOC[C@H](O)COc1ccccc1N1CCC[C@H](C)C1. The van der Waals surface area contributed by atoms with E-state index in [0.717, 1.165) is 30.4 Å². The molecule has 0 bridgehead atoms. The molecule has 0 amide bonds. The van der Waals surface area contributed by atoms with Crippen LogP contribution in [-0.4, -0.2) is 44.1 Å². The van der Waals surface area contributed by atoms with Crippen molar-refractivity contribution in [1.82, 2.24) is 0 Å². The summed E-state index contributed by atoms with van der Waals surface area (Å²) in [6, 6.07) is 8.09. The summed E-state index contributed by atoms with van der Waals surface area (Å²) >= 11 is 0. The van der Waals surface area contributed by atoms with E-state index >= 15 is 0 Å². The fourth-order valence-electron chi connectivity index (χ4n) is 2.74. The molecule has 1 aromatic carbocycles. The molecular weight excluding hydrogens is 266 g/mol. The Kier molecular flexibility index (Phi) is 6.33. The molecule has 4 heteroatoms. The molecular formula is C17H27NO3. The molecule has 4 nitrogen and oxygen atoms in total. The van der Waals surface area contributed by atoms with Gasteiger partial charge >= 0.3 is 0 Å². The molecule has 21 heavy (non-hydrogen) atoms. The Labute approximate surface area is 127 Å². The van der Waals surface area contributed by atoms with E-state index in [1.807, 2.05) is 25.1 Å². The highest BCUT2D eigenvalue weighted by atomic mass is 16.5. The summed E-state index contributed by atoms with van der Waals surface area (Å²) in [5.74, 6) is 1.57. The quantitative estimate of drug-likeness (QED) is 0.839. The number of nitrogens with zero attached hydrogens (tertiary/aromatic N) is 1. The number of anilines is 1. The molecule has 1 aromatic rings. The van der Waals surface area contributed by atoms with Crippen LogP contribution in [0.1, 0.15) is 26.7 Å². The van der Waals surface area contributed by atoms with Crippen molar-refractivity contribution in [2.45, 2.75) is 32.8 Å². The first-order chi connectivity index (χ1) is 10.2. The minimum Gasteiger partial charge on any atom is -0.489 e. The van der Waals surface area contributed by atoms with Crippen LogP contribution in [0.5, 0.6) is 5.75 Å². The number of piperidine rings is 1. The number of benzene rings is 1. The maximum Gasteiger partial charge on any atom is 0.142 e. The summed E-state index contributed by atoms with van der Waals surface area (Å²) in [5.41, 5.74) is 1.13. The van der Waals surface area contributed by atoms with E-state index in [1.165, 1.54) is 12.8 Å². The summed E-state index contributed by atoms with van der Waals surface area (Å²) in [5, 5.41) is 9.82. The van der Waals surface area contributed by atoms with Crippen molar-refractivity contribution in [3.8, 4) is 5.75 Å². The van der Waals surface area contributed by atoms with Gasteiger partial charge in [0.1, 0.15) is 18.5 Å². The van der Waals surface area contributed by atoms with Crippen molar-refractivity contribution >= 4 is 5.69 Å². The van der Waals surface area contributed by atoms with Gasteiger partial charge in [0.25, 0.3) is 0 Å². The van der Waals surface area contributed by atoms with Crippen LogP contribution in [0.2, 0.25) is 0 Å². The molecule has 1 fully saturated rings. The molecule has 1 heterocycles. The third-order valence-electron chi connectivity index (χ3n) is 3.81. The molecule has 0 radical (unpaired) electrons. The Morgan fingerprint density at radius 1 is 1.33 bits per heavy atom. The van der Waals surface area contributed by atoms with Crippen LogP contribution in [0, 0.1) is 5.92 Å². The predicted molar refractivity (Wildman–Crippen MR) is 85.0 cm³/mol. The zero-order valence-electron chi connectivity index (χ0n) is 13.1. The van der Waals surface area contributed by atoms with Crippen LogP contribution >= 0.6 is 0 Å². The van der Waals surface area contributed by atoms with Gasteiger partial charge in [-0.3, -0.25) is 0 Å². The summed E-state index contributed by atoms with van der Waals surface area (Å²) in [4.78, 5) is 2.39. The molecule has 0 unspecified atom stereocenters. The Bertz CT molecular complexity index is 424. The van der Waals surface area contributed by atoms with Gasteiger partial charge in [-0.05, 0) is 37.8 Å². The average Bonchev–Trinajstić information content (AvgIpc) is 2.51. The maximum atomic E-state index is 9.82. The maximum absolute atomic E-state index is 9.82. The average molecular weight is 293 g/mol. The van der Waals surface area contributed by atoms with Gasteiger partial charge in [0.05, 0.1) is 12.3 Å². The summed E-state index contributed by atoms with van der Waals surface area (Å²) in [7, 11) is 0. The van der Waals surface area contributed by atoms with E-state index in [4.69, 9.17) is 9.47 Å². The number of hydrogen-bond acceptors (Lipinski definition) is 4. The lowest BCUT2D eigenvalue weighted by molar-refractivity contribution is 0.0165. The Morgan fingerprint density at radius 3 is 2.90 bits per heavy atom. The van der Waals surface area contributed by atoms with Gasteiger partial charge in [-0.25, -0.2) is 0 Å². The van der Waals surface area contributed by atoms with Gasteiger partial charge in [-0.1, -0.05) is 19.1 Å². The summed E-state index contributed by atoms with van der Waals surface area (Å²) in [6.07, 6.45) is 1.94. The van der Waals surface area contributed by atoms with Crippen molar-refractivity contribution in [3.63, 3.8) is 0 Å². The Morgan fingerprint density at radius 2 is 2.14 bits per heavy atom. The third-order valence-corrected chi connectivity index (χ3v) is 3.81. The fourth-order valence-corrected chi connectivity index (χ4v) is 2.74. The molecule has 1 saturated heterocycles. The number of aliphatic hydroxyl groups excluding tert-OH is 1. The van der Waals surface area contributed by atoms with Crippen LogP contribution in [0.4, 0.5) is 5.69 Å². The van der Waals surface area contributed by atoms with Crippen LogP contribution in [0.25, 0.3) is 0 Å². The monoisotopic (exact) mass is 293 g/mol. The largest absolute Gasteiger partial charge is 0.489 e. The third kappa shape index (κ3) is 4.90.